The van der Waals surface area contributed by atoms with Crippen molar-refractivity contribution in [3.63, 3.8) is 0 Å². The van der Waals surface area contributed by atoms with Crippen LogP contribution in [-0.2, 0) is 22.6 Å². The van der Waals surface area contributed by atoms with E-state index in [-0.39, 0.29) is 0 Å². The van der Waals surface area contributed by atoms with Gasteiger partial charge in [0.2, 0.25) is 5.88 Å². The summed E-state index contributed by atoms with van der Waals surface area (Å²) >= 11 is 0. The number of fused-ring (bicyclic) bond motifs is 1. The van der Waals surface area contributed by atoms with Crippen molar-refractivity contribution in [2.24, 2.45) is 9.98 Å². The highest BCUT2D eigenvalue weighted by Crippen LogP contribution is 2.29. The van der Waals surface area contributed by atoms with Crippen LogP contribution in [0.5, 0.6) is 5.88 Å². The number of nitrogens with zero attached hydrogens (tertiary/aromatic N) is 9. The second-order valence-corrected chi connectivity index (χ2v) is 8.40. The smallest absolute Gasteiger partial charge is 0.212 e. The largest absolute Gasteiger partial charge is 0.481 e. The first kappa shape index (κ1) is 26.0. The maximum absolute atomic E-state index is 11.1. The van der Waals surface area contributed by atoms with Crippen molar-refractivity contribution in [2.75, 3.05) is 52.0 Å². The summed E-state index contributed by atoms with van der Waals surface area (Å²) in [5.41, 5.74) is 2.67. The summed E-state index contributed by atoms with van der Waals surface area (Å²) in [4.78, 5) is 42.4. The lowest BCUT2D eigenvalue weighted by Crippen LogP contribution is -2.37. The number of ether oxygens (including phenoxy) is 2. The highest BCUT2D eigenvalue weighted by molar-refractivity contribution is 6.01. The van der Waals surface area contributed by atoms with Gasteiger partial charge in [-0.05, 0) is 26.8 Å². The highest BCUT2D eigenvalue weighted by Gasteiger charge is 2.23. The Hall–Kier alpha value is -4.03. The van der Waals surface area contributed by atoms with Crippen LogP contribution in [0.1, 0.15) is 12.7 Å². The third kappa shape index (κ3) is 6.04. The number of allylic oxidation sites excluding steroid dienone is 1. The Labute approximate surface area is 215 Å². The van der Waals surface area contributed by atoms with Crippen LogP contribution in [0.25, 0.3) is 22.6 Å². The van der Waals surface area contributed by atoms with Crippen LogP contribution in [0.15, 0.2) is 40.1 Å². The third-order valence-electron chi connectivity index (χ3n) is 5.84. The first-order valence-electron chi connectivity index (χ1n) is 12.0. The van der Waals surface area contributed by atoms with Crippen molar-refractivity contribution in [3.8, 4) is 17.3 Å². The average Bonchev–Trinajstić information content (AvgIpc) is 3.29. The van der Waals surface area contributed by atoms with Crippen LogP contribution < -0.4 is 9.64 Å². The summed E-state index contributed by atoms with van der Waals surface area (Å²) in [5.74, 6) is 2.74. The number of aliphatic imine (C=N–C) groups is 2. The number of methoxy groups -OCH3 is 1. The number of anilines is 1. The summed E-state index contributed by atoms with van der Waals surface area (Å²) in [6.07, 6.45) is 5.26. The summed E-state index contributed by atoms with van der Waals surface area (Å²) in [6.45, 7) is 9.73. The molecule has 4 rings (SSSR count). The van der Waals surface area contributed by atoms with Gasteiger partial charge in [0.05, 0.1) is 39.1 Å². The van der Waals surface area contributed by atoms with E-state index in [0.29, 0.717) is 56.5 Å². The molecule has 1 saturated heterocycles. The van der Waals surface area contributed by atoms with Gasteiger partial charge in [-0.2, -0.15) is 0 Å². The SMILES string of the molecule is C=N/C=C(/C=O)C=NCN(C)Cc1nc2c(N3CCOCC3)nc(-c3ccc(OC)nc3)nc2n1CC. The molecule has 0 radical (unpaired) electrons. The van der Waals surface area contributed by atoms with Gasteiger partial charge in [0.15, 0.2) is 29.1 Å². The Kier molecular flexibility index (Phi) is 8.64. The van der Waals surface area contributed by atoms with E-state index in [0.717, 1.165) is 41.5 Å². The zero-order valence-electron chi connectivity index (χ0n) is 21.4. The Bertz CT molecular complexity index is 1290. The molecule has 0 bridgehead atoms. The summed E-state index contributed by atoms with van der Waals surface area (Å²) in [6, 6.07) is 3.70. The zero-order chi connectivity index (χ0) is 26.2. The fraction of sp³-hybridized carbons (Fsp3) is 0.400. The first-order valence-corrected chi connectivity index (χ1v) is 12.0. The Morgan fingerprint density at radius 2 is 2.08 bits per heavy atom. The molecule has 194 valence electrons. The van der Waals surface area contributed by atoms with Crippen LogP contribution in [0.2, 0.25) is 0 Å². The molecule has 1 aliphatic rings. The first-order chi connectivity index (χ1) is 18.1. The van der Waals surface area contributed by atoms with Crippen LogP contribution >= 0.6 is 0 Å². The molecule has 0 saturated carbocycles. The summed E-state index contributed by atoms with van der Waals surface area (Å²) < 4.78 is 12.9. The number of hydrogen-bond acceptors (Lipinski definition) is 11. The number of carbonyl (C=O) groups is 1. The number of rotatable bonds is 11. The number of imidazole rings is 1. The molecule has 0 aliphatic carbocycles. The van der Waals surface area contributed by atoms with Gasteiger partial charge in [-0.1, -0.05) is 0 Å². The van der Waals surface area contributed by atoms with Crippen molar-refractivity contribution >= 4 is 36.2 Å². The second-order valence-electron chi connectivity index (χ2n) is 8.40. The van der Waals surface area contributed by atoms with E-state index in [2.05, 4.69) is 38.1 Å². The van der Waals surface area contributed by atoms with Crippen LogP contribution in [0, 0.1) is 0 Å². The molecule has 0 unspecified atom stereocenters. The molecule has 1 aliphatic heterocycles. The Balaban J connectivity index is 1.70. The molecule has 12 nitrogen and oxygen atoms in total. The number of pyridine rings is 1. The summed E-state index contributed by atoms with van der Waals surface area (Å²) in [5, 5.41) is 0. The van der Waals surface area contributed by atoms with Gasteiger partial charge in [-0.3, -0.25) is 19.7 Å². The maximum Gasteiger partial charge on any atom is 0.212 e. The lowest BCUT2D eigenvalue weighted by molar-refractivity contribution is -0.104. The molecule has 37 heavy (non-hydrogen) atoms. The van der Waals surface area contributed by atoms with E-state index in [1.165, 1.54) is 12.4 Å². The van der Waals surface area contributed by atoms with Gasteiger partial charge < -0.3 is 18.9 Å². The lowest BCUT2D eigenvalue weighted by atomic mass is 10.2. The molecule has 1 fully saturated rings. The highest BCUT2D eigenvalue weighted by atomic mass is 16.5. The molecule has 0 atom stereocenters. The van der Waals surface area contributed by atoms with Gasteiger partial charge in [0.1, 0.15) is 5.82 Å². The van der Waals surface area contributed by atoms with Crippen molar-refractivity contribution in [1.82, 2.24) is 29.4 Å². The second kappa shape index (κ2) is 12.3. The van der Waals surface area contributed by atoms with Crippen molar-refractivity contribution in [2.45, 2.75) is 20.0 Å². The Morgan fingerprint density at radius 1 is 1.27 bits per heavy atom. The van der Waals surface area contributed by atoms with E-state index in [1.54, 1.807) is 19.4 Å². The molecule has 3 aromatic heterocycles. The standard InChI is InChI=1S/C25H31N9O3/c1-5-34-20(15-32(3)17-27-13-18(16-35)12-26-2)29-22-24(33-8-10-37-11-9-33)30-23(31-25(22)34)19-6-7-21(36-4)28-14-19/h6-7,12-14,16H,2,5,8-11,15,17H2,1,3-4H3/b18-12+,27-13?. The minimum Gasteiger partial charge on any atom is -0.481 e. The third-order valence-corrected chi connectivity index (χ3v) is 5.84. The van der Waals surface area contributed by atoms with E-state index in [1.807, 2.05) is 18.0 Å². The quantitative estimate of drug-likeness (QED) is 0.219. The van der Waals surface area contributed by atoms with Crippen LogP contribution in [0.4, 0.5) is 5.82 Å². The zero-order valence-corrected chi connectivity index (χ0v) is 21.4. The molecule has 12 heteroatoms. The fourth-order valence-electron chi connectivity index (χ4n) is 4.02. The Morgan fingerprint density at radius 3 is 2.73 bits per heavy atom. The predicted molar refractivity (Wildman–Crippen MR) is 142 cm³/mol. The maximum atomic E-state index is 11.1. The molecular weight excluding hydrogens is 474 g/mol. The molecule has 0 aromatic carbocycles. The molecular formula is C25H31N9O3. The van der Waals surface area contributed by atoms with Crippen molar-refractivity contribution < 1.29 is 14.3 Å². The summed E-state index contributed by atoms with van der Waals surface area (Å²) in [7, 11) is 3.52. The van der Waals surface area contributed by atoms with Crippen molar-refractivity contribution in [1.29, 1.82) is 0 Å². The normalized spacial score (nSPS) is 14.6. The number of aryl methyl sites for hydroxylation is 1. The molecule has 0 amide bonds. The van der Waals surface area contributed by atoms with E-state index < -0.39 is 0 Å². The van der Waals surface area contributed by atoms with Gasteiger partial charge in [-0.25, -0.2) is 19.9 Å². The van der Waals surface area contributed by atoms with Gasteiger partial charge in [0.25, 0.3) is 0 Å². The minimum absolute atomic E-state index is 0.357. The monoisotopic (exact) mass is 505 g/mol. The molecule has 0 N–H and O–H groups in total. The fourth-order valence-corrected chi connectivity index (χ4v) is 4.02. The number of aromatic nitrogens is 5. The average molecular weight is 506 g/mol. The molecule has 3 aromatic rings. The molecule has 4 heterocycles. The number of carbonyl (C=O) groups excluding carboxylic acids is 1. The van der Waals surface area contributed by atoms with Gasteiger partial charge >= 0.3 is 0 Å². The van der Waals surface area contributed by atoms with Gasteiger partial charge in [-0.15, -0.1) is 0 Å². The minimum atomic E-state index is 0.357. The molecule has 0 spiro atoms. The van der Waals surface area contributed by atoms with Gasteiger partial charge in [0, 0.05) is 49.9 Å². The van der Waals surface area contributed by atoms with E-state index in [4.69, 9.17) is 24.4 Å². The topological polar surface area (TPSA) is 123 Å². The number of morpholine rings is 1. The van der Waals surface area contributed by atoms with E-state index in [9.17, 15) is 4.79 Å². The van der Waals surface area contributed by atoms with Crippen LogP contribution in [-0.4, -0.2) is 95.8 Å². The van der Waals surface area contributed by atoms with Crippen LogP contribution in [0.3, 0.4) is 0 Å². The van der Waals surface area contributed by atoms with Crippen molar-refractivity contribution in [3.05, 3.63) is 35.9 Å². The predicted octanol–water partition coefficient (Wildman–Crippen LogP) is 2.00. The number of aldehydes is 1. The number of hydrogen-bond donors (Lipinski definition) is 0. The van der Waals surface area contributed by atoms with E-state index >= 15 is 0 Å². The lowest BCUT2D eigenvalue weighted by Gasteiger charge is -2.28.